The molecule has 0 radical (unpaired) electrons. The number of rotatable bonds is 4. The molecule has 6 heteroatoms. The van der Waals surface area contributed by atoms with Gasteiger partial charge in [-0.05, 0) is 13.3 Å². The van der Waals surface area contributed by atoms with E-state index in [0.29, 0.717) is 6.42 Å². The zero-order chi connectivity index (χ0) is 13.8. The van der Waals surface area contributed by atoms with E-state index in [1.54, 1.807) is 6.92 Å². The first kappa shape index (κ1) is 14.3. The molecule has 100 valence electrons. The summed E-state index contributed by atoms with van der Waals surface area (Å²) in [6.45, 7) is 3.67. The number of nitrogens with one attached hydrogen (secondary N) is 2. The second-order valence-corrected chi connectivity index (χ2v) is 4.54. The van der Waals surface area contributed by atoms with Crippen molar-refractivity contribution in [3.05, 3.63) is 0 Å². The van der Waals surface area contributed by atoms with Gasteiger partial charge in [0.05, 0.1) is 25.3 Å². The Kier molecular flexibility index (Phi) is 4.56. The van der Waals surface area contributed by atoms with E-state index in [4.69, 9.17) is 16.3 Å². The average molecular weight is 254 g/mol. The van der Waals surface area contributed by atoms with Crippen molar-refractivity contribution in [2.75, 3.05) is 13.2 Å². The molecule has 3 unspecified atom stereocenters. The fraction of sp³-hybridized carbons (Fsp3) is 0.667. The molecule has 0 aromatic heterocycles. The van der Waals surface area contributed by atoms with Crippen LogP contribution in [0.25, 0.3) is 0 Å². The molecule has 3 N–H and O–H groups in total. The molecule has 1 saturated heterocycles. The Morgan fingerprint density at radius 1 is 1.67 bits per heavy atom. The molecule has 1 aliphatic heterocycles. The summed E-state index contributed by atoms with van der Waals surface area (Å²) in [6.07, 6.45) is 5.84. The highest BCUT2D eigenvalue weighted by Crippen LogP contribution is 2.28. The molecular formula is C12H18N2O4. The molecule has 2 amide bonds. The maximum absolute atomic E-state index is 11.7. The van der Waals surface area contributed by atoms with E-state index in [0.717, 1.165) is 0 Å². The standard InChI is InChI=1S/C12H18N2O4/c1-4-8(5-2)13-11(17)14-9-6-18-7-12(9,3)10(15)16/h1,8-9H,5-7H2,2-3H3,(H,15,16)(H2,13,14,17). The summed E-state index contributed by atoms with van der Waals surface area (Å²) in [5.41, 5.74) is -1.10. The lowest BCUT2D eigenvalue weighted by atomic mass is 9.85. The predicted molar refractivity (Wildman–Crippen MR) is 64.9 cm³/mol. The van der Waals surface area contributed by atoms with Crippen molar-refractivity contribution >= 4 is 12.0 Å². The summed E-state index contributed by atoms with van der Waals surface area (Å²) >= 11 is 0. The van der Waals surface area contributed by atoms with Crippen LogP contribution in [0.5, 0.6) is 0 Å². The summed E-state index contributed by atoms with van der Waals surface area (Å²) in [5.74, 6) is 1.44. The number of aliphatic carboxylic acids is 1. The van der Waals surface area contributed by atoms with Gasteiger partial charge in [-0.3, -0.25) is 4.79 Å². The lowest BCUT2D eigenvalue weighted by Crippen LogP contribution is -2.53. The number of carbonyl (C=O) groups excluding carboxylic acids is 1. The van der Waals surface area contributed by atoms with E-state index in [1.165, 1.54) is 0 Å². The molecule has 1 rings (SSSR count). The zero-order valence-corrected chi connectivity index (χ0v) is 10.5. The number of carbonyl (C=O) groups is 2. The van der Waals surface area contributed by atoms with Gasteiger partial charge in [0.25, 0.3) is 0 Å². The molecular weight excluding hydrogens is 236 g/mol. The number of amides is 2. The fourth-order valence-electron chi connectivity index (χ4n) is 1.70. The number of carboxylic acids is 1. The smallest absolute Gasteiger partial charge is 0.316 e. The molecule has 0 aromatic rings. The summed E-state index contributed by atoms with van der Waals surface area (Å²) in [4.78, 5) is 22.8. The summed E-state index contributed by atoms with van der Waals surface area (Å²) in [6, 6.07) is -1.39. The molecule has 1 aliphatic rings. The lowest BCUT2D eigenvalue weighted by molar-refractivity contribution is -0.148. The minimum atomic E-state index is -1.10. The third-order valence-corrected chi connectivity index (χ3v) is 3.16. The first-order chi connectivity index (χ1) is 8.43. The summed E-state index contributed by atoms with van der Waals surface area (Å²) < 4.78 is 5.13. The monoisotopic (exact) mass is 254 g/mol. The van der Waals surface area contributed by atoms with Crippen molar-refractivity contribution in [3.8, 4) is 12.3 Å². The molecule has 0 spiro atoms. The lowest BCUT2D eigenvalue weighted by Gasteiger charge is -2.26. The minimum Gasteiger partial charge on any atom is -0.481 e. The third kappa shape index (κ3) is 2.93. The highest BCUT2D eigenvalue weighted by atomic mass is 16.5. The maximum atomic E-state index is 11.7. The van der Waals surface area contributed by atoms with Gasteiger partial charge in [-0.1, -0.05) is 12.8 Å². The zero-order valence-electron chi connectivity index (χ0n) is 10.5. The van der Waals surface area contributed by atoms with Crippen LogP contribution in [0, 0.1) is 17.8 Å². The van der Waals surface area contributed by atoms with E-state index >= 15 is 0 Å². The summed E-state index contributed by atoms with van der Waals surface area (Å²) in [7, 11) is 0. The van der Waals surface area contributed by atoms with Crippen molar-refractivity contribution in [1.82, 2.24) is 10.6 Å². The van der Waals surface area contributed by atoms with Crippen LogP contribution >= 0.6 is 0 Å². The van der Waals surface area contributed by atoms with Crippen LogP contribution in [-0.4, -0.2) is 42.4 Å². The van der Waals surface area contributed by atoms with Crippen LogP contribution in [-0.2, 0) is 9.53 Å². The van der Waals surface area contributed by atoms with Gasteiger partial charge in [0.15, 0.2) is 0 Å². The molecule has 0 saturated carbocycles. The van der Waals surface area contributed by atoms with E-state index in [9.17, 15) is 9.59 Å². The Morgan fingerprint density at radius 2 is 2.33 bits per heavy atom. The molecule has 0 bridgehead atoms. The largest absolute Gasteiger partial charge is 0.481 e. The van der Waals surface area contributed by atoms with E-state index in [1.807, 2.05) is 6.92 Å². The van der Waals surface area contributed by atoms with Crippen molar-refractivity contribution < 1.29 is 19.4 Å². The number of urea groups is 1. The molecule has 0 aromatic carbocycles. The van der Waals surface area contributed by atoms with Gasteiger partial charge >= 0.3 is 12.0 Å². The van der Waals surface area contributed by atoms with Crippen LogP contribution in [0.1, 0.15) is 20.3 Å². The Bertz CT molecular complexity index is 377. The van der Waals surface area contributed by atoms with Crippen LogP contribution in [0.4, 0.5) is 4.79 Å². The normalized spacial score (nSPS) is 28.2. The number of terminal acetylenes is 1. The third-order valence-electron chi connectivity index (χ3n) is 3.16. The van der Waals surface area contributed by atoms with E-state index in [-0.39, 0.29) is 19.3 Å². The quantitative estimate of drug-likeness (QED) is 0.625. The predicted octanol–water partition coefficient (Wildman–Crippen LogP) is 0.187. The van der Waals surface area contributed by atoms with E-state index in [2.05, 4.69) is 16.6 Å². The number of hydrogen-bond acceptors (Lipinski definition) is 3. The van der Waals surface area contributed by atoms with Gasteiger partial charge < -0.3 is 20.5 Å². The summed E-state index contributed by atoms with van der Waals surface area (Å²) in [5, 5.41) is 14.3. The number of ether oxygens (including phenoxy) is 1. The molecule has 0 aliphatic carbocycles. The van der Waals surface area contributed by atoms with Crippen LogP contribution in [0.3, 0.4) is 0 Å². The highest BCUT2D eigenvalue weighted by Gasteiger charge is 2.47. The van der Waals surface area contributed by atoms with E-state index < -0.39 is 23.5 Å². The molecule has 6 nitrogen and oxygen atoms in total. The topological polar surface area (TPSA) is 87.7 Å². The second-order valence-electron chi connectivity index (χ2n) is 4.54. The number of carboxylic acid groups (broad SMARTS) is 1. The van der Waals surface area contributed by atoms with Crippen molar-refractivity contribution in [2.24, 2.45) is 5.41 Å². The van der Waals surface area contributed by atoms with Crippen LogP contribution in [0.15, 0.2) is 0 Å². The Hall–Kier alpha value is -1.74. The molecule has 1 fully saturated rings. The average Bonchev–Trinajstić information content (AvgIpc) is 2.69. The van der Waals surface area contributed by atoms with Gasteiger partial charge in [0.1, 0.15) is 5.41 Å². The first-order valence-electron chi connectivity index (χ1n) is 5.78. The molecule has 3 atom stereocenters. The van der Waals surface area contributed by atoms with Crippen molar-refractivity contribution in [3.63, 3.8) is 0 Å². The van der Waals surface area contributed by atoms with Gasteiger partial charge in [-0.15, -0.1) is 6.42 Å². The van der Waals surface area contributed by atoms with Gasteiger partial charge in [0.2, 0.25) is 0 Å². The second kappa shape index (κ2) is 5.74. The fourth-order valence-corrected chi connectivity index (χ4v) is 1.70. The Balaban J connectivity index is 2.60. The highest BCUT2D eigenvalue weighted by molar-refractivity contribution is 5.79. The van der Waals surface area contributed by atoms with Crippen molar-refractivity contribution in [1.29, 1.82) is 0 Å². The van der Waals surface area contributed by atoms with Crippen LogP contribution < -0.4 is 10.6 Å². The van der Waals surface area contributed by atoms with Gasteiger partial charge in [-0.25, -0.2) is 4.79 Å². The van der Waals surface area contributed by atoms with Crippen LogP contribution in [0.2, 0.25) is 0 Å². The molecule has 18 heavy (non-hydrogen) atoms. The Labute approximate surface area is 106 Å². The number of hydrogen-bond donors (Lipinski definition) is 3. The minimum absolute atomic E-state index is 0.0830. The maximum Gasteiger partial charge on any atom is 0.316 e. The van der Waals surface area contributed by atoms with Crippen molar-refractivity contribution in [2.45, 2.75) is 32.4 Å². The molecule has 1 heterocycles. The SMILES string of the molecule is C#CC(CC)NC(=O)NC1COCC1(C)C(=O)O. The van der Waals surface area contributed by atoms with Gasteiger partial charge in [0, 0.05) is 0 Å². The Morgan fingerprint density at radius 3 is 2.83 bits per heavy atom. The first-order valence-corrected chi connectivity index (χ1v) is 5.78. The van der Waals surface area contributed by atoms with Gasteiger partial charge in [-0.2, -0.15) is 0 Å².